The molecule has 0 aliphatic carbocycles. The van der Waals surface area contributed by atoms with Gasteiger partial charge in [-0.1, -0.05) is 11.6 Å². The van der Waals surface area contributed by atoms with Crippen LogP contribution in [0, 0.1) is 12.8 Å². The molecule has 3 heterocycles. The minimum absolute atomic E-state index is 0.0272. The number of rotatable bonds is 4. The van der Waals surface area contributed by atoms with E-state index in [1.54, 1.807) is 22.7 Å². The Bertz CT molecular complexity index is 905. The van der Waals surface area contributed by atoms with Crippen molar-refractivity contribution in [3.8, 4) is 17.0 Å². The van der Waals surface area contributed by atoms with Gasteiger partial charge in [0, 0.05) is 24.2 Å². The molecule has 0 spiro atoms. The maximum Gasteiger partial charge on any atom is 0.310 e. The highest BCUT2D eigenvalue weighted by atomic mass is 16.5. The van der Waals surface area contributed by atoms with Crippen LogP contribution in [0.3, 0.4) is 0 Å². The summed E-state index contributed by atoms with van der Waals surface area (Å²) < 4.78 is 12.7. The fourth-order valence-corrected chi connectivity index (χ4v) is 3.96. The summed E-state index contributed by atoms with van der Waals surface area (Å²) in [7, 11) is 0. The van der Waals surface area contributed by atoms with Gasteiger partial charge < -0.3 is 14.4 Å². The minimum Gasteiger partial charge on any atom is -0.488 e. The number of fused-ring (bicyclic) bond motifs is 3. The lowest BCUT2D eigenvalue weighted by atomic mass is 9.98. The molecule has 1 aromatic heterocycles. The van der Waals surface area contributed by atoms with Gasteiger partial charge in [-0.05, 0) is 38.8 Å². The maximum atomic E-state index is 12.9. The number of benzene rings is 1. The molecule has 7 heteroatoms. The molecule has 0 bridgehead atoms. The Hall–Kier alpha value is -2.83. The van der Waals surface area contributed by atoms with Crippen LogP contribution in [0.5, 0.6) is 5.75 Å². The second-order valence-corrected chi connectivity index (χ2v) is 7.40. The fraction of sp³-hybridized carbons (Fsp3) is 0.476. The molecule has 1 fully saturated rings. The van der Waals surface area contributed by atoms with E-state index < -0.39 is 0 Å². The number of aromatic nitrogens is 2. The number of piperidine rings is 1. The van der Waals surface area contributed by atoms with Gasteiger partial charge in [-0.3, -0.25) is 14.3 Å². The number of amides is 1. The SMILES string of the molecule is CCOC(=O)C1CCCN(C(=O)Cn2ncc3c2-c2cc(C)ccc2OC3)C1. The van der Waals surface area contributed by atoms with E-state index >= 15 is 0 Å². The number of ether oxygens (including phenoxy) is 2. The van der Waals surface area contributed by atoms with Crippen molar-refractivity contribution in [1.29, 1.82) is 0 Å². The van der Waals surface area contributed by atoms with Crippen LogP contribution in [0.15, 0.2) is 24.4 Å². The number of nitrogens with zero attached hydrogens (tertiary/aromatic N) is 3. The highest BCUT2D eigenvalue weighted by Gasteiger charge is 2.30. The highest BCUT2D eigenvalue weighted by Crippen LogP contribution is 2.38. The van der Waals surface area contributed by atoms with Gasteiger partial charge in [-0.2, -0.15) is 5.10 Å². The van der Waals surface area contributed by atoms with Gasteiger partial charge in [-0.25, -0.2) is 0 Å². The molecule has 28 heavy (non-hydrogen) atoms. The molecule has 1 aromatic carbocycles. The molecule has 2 aliphatic heterocycles. The lowest BCUT2D eigenvalue weighted by Crippen LogP contribution is -2.44. The Labute approximate surface area is 164 Å². The zero-order valence-corrected chi connectivity index (χ0v) is 16.3. The second kappa shape index (κ2) is 7.66. The maximum absolute atomic E-state index is 12.9. The molecule has 2 aromatic rings. The number of carbonyl (C=O) groups excluding carboxylic acids is 2. The predicted octanol–water partition coefficient (Wildman–Crippen LogP) is 2.55. The first kappa shape index (κ1) is 18.5. The Balaban J connectivity index is 1.52. The summed E-state index contributed by atoms with van der Waals surface area (Å²) in [6, 6.07) is 6.04. The average molecular weight is 383 g/mol. The zero-order chi connectivity index (χ0) is 19.7. The molecule has 148 valence electrons. The first-order valence-corrected chi connectivity index (χ1v) is 9.79. The van der Waals surface area contributed by atoms with Crippen LogP contribution in [-0.4, -0.2) is 46.3 Å². The van der Waals surface area contributed by atoms with Crippen LogP contribution >= 0.6 is 0 Å². The summed E-state index contributed by atoms with van der Waals surface area (Å²) in [4.78, 5) is 26.7. The Morgan fingerprint density at radius 3 is 3.04 bits per heavy atom. The van der Waals surface area contributed by atoms with E-state index in [2.05, 4.69) is 11.2 Å². The van der Waals surface area contributed by atoms with E-state index in [0.717, 1.165) is 41.0 Å². The van der Waals surface area contributed by atoms with Crippen molar-refractivity contribution in [3.63, 3.8) is 0 Å². The first-order valence-electron chi connectivity index (χ1n) is 9.79. The van der Waals surface area contributed by atoms with Crippen LogP contribution in [0.25, 0.3) is 11.3 Å². The smallest absolute Gasteiger partial charge is 0.310 e. The molecule has 1 atom stereocenters. The van der Waals surface area contributed by atoms with Crippen LogP contribution in [0.1, 0.15) is 30.9 Å². The molecule has 1 saturated heterocycles. The molecule has 0 N–H and O–H groups in total. The van der Waals surface area contributed by atoms with Gasteiger partial charge in [0.15, 0.2) is 0 Å². The Morgan fingerprint density at radius 1 is 1.36 bits per heavy atom. The standard InChI is InChI=1S/C21H25N3O4/c1-3-27-21(26)15-5-4-8-23(11-15)19(25)12-24-20-16(10-22-24)13-28-18-7-6-14(2)9-17(18)20/h6-7,9-10,15H,3-5,8,11-13H2,1-2H3. The van der Waals surface area contributed by atoms with E-state index in [-0.39, 0.29) is 24.3 Å². The first-order chi connectivity index (χ1) is 13.6. The van der Waals surface area contributed by atoms with Gasteiger partial charge in [0.1, 0.15) is 18.9 Å². The van der Waals surface area contributed by atoms with E-state index in [9.17, 15) is 9.59 Å². The normalized spacial score (nSPS) is 18.1. The van der Waals surface area contributed by atoms with Crippen molar-refractivity contribution in [2.45, 2.75) is 39.8 Å². The number of hydrogen-bond acceptors (Lipinski definition) is 5. The molecule has 4 rings (SSSR count). The van der Waals surface area contributed by atoms with Gasteiger partial charge in [0.05, 0.1) is 24.4 Å². The largest absolute Gasteiger partial charge is 0.488 e. The molecule has 1 amide bonds. The van der Waals surface area contributed by atoms with Gasteiger partial charge in [0.25, 0.3) is 0 Å². The predicted molar refractivity (Wildman–Crippen MR) is 103 cm³/mol. The quantitative estimate of drug-likeness (QED) is 0.759. The summed E-state index contributed by atoms with van der Waals surface area (Å²) >= 11 is 0. The lowest BCUT2D eigenvalue weighted by molar-refractivity contribution is -0.151. The fourth-order valence-electron chi connectivity index (χ4n) is 3.96. The van der Waals surface area contributed by atoms with Crippen molar-refractivity contribution >= 4 is 11.9 Å². The zero-order valence-electron chi connectivity index (χ0n) is 16.3. The highest BCUT2D eigenvalue weighted by molar-refractivity contribution is 5.80. The third-order valence-corrected chi connectivity index (χ3v) is 5.37. The van der Waals surface area contributed by atoms with Crippen molar-refractivity contribution < 1.29 is 19.1 Å². The molecular formula is C21H25N3O4. The Kier molecular flexibility index (Phi) is 5.07. The van der Waals surface area contributed by atoms with Gasteiger partial charge >= 0.3 is 5.97 Å². The van der Waals surface area contributed by atoms with Gasteiger partial charge in [-0.15, -0.1) is 0 Å². The van der Waals surface area contributed by atoms with Crippen molar-refractivity contribution in [1.82, 2.24) is 14.7 Å². The van der Waals surface area contributed by atoms with Gasteiger partial charge in [0.2, 0.25) is 5.91 Å². The number of hydrogen-bond donors (Lipinski definition) is 0. The average Bonchev–Trinajstić information content (AvgIpc) is 3.11. The number of carbonyl (C=O) groups is 2. The van der Waals surface area contributed by atoms with Crippen molar-refractivity contribution in [3.05, 3.63) is 35.5 Å². The molecule has 1 unspecified atom stereocenters. The second-order valence-electron chi connectivity index (χ2n) is 7.40. The summed E-state index contributed by atoms with van der Waals surface area (Å²) in [5.74, 6) is 0.340. The Morgan fingerprint density at radius 2 is 2.21 bits per heavy atom. The van der Waals surface area contributed by atoms with E-state index in [1.165, 1.54) is 0 Å². The number of esters is 1. The summed E-state index contributed by atoms with van der Waals surface area (Å²) in [5, 5.41) is 4.44. The van der Waals surface area contributed by atoms with Crippen LogP contribution in [-0.2, 0) is 27.5 Å². The summed E-state index contributed by atoms with van der Waals surface area (Å²) in [5.41, 5.74) is 4.02. The van der Waals surface area contributed by atoms with Crippen LogP contribution in [0.4, 0.5) is 0 Å². The third kappa shape index (κ3) is 3.48. The minimum atomic E-state index is -0.235. The molecule has 7 nitrogen and oxygen atoms in total. The van der Waals surface area contributed by atoms with Crippen molar-refractivity contribution in [2.75, 3.05) is 19.7 Å². The summed E-state index contributed by atoms with van der Waals surface area (Å²) in [6.07, 6.45) is 3.34. The van der Waals surface area contributed by atoms with Crippen molar-refractivity contribution in [2.24, 2.45) is 5.92 Å². The lowest BCUT2D eigenvalue weighted by Gasteiger charge is -2.31. The summed E-state index contributed by atoms with van der Waals surface area (Å²) in [6.45, 7) is 5.88. The number of aryl methyl sites for hydroxylation is 1. The monoisotopic (exact) mass is 383 g/mol. The number of likely N-dealkylation sites (tertiary alicyclic amines) is 1. The van der Waals surface area contributed by atoms with E-state index in [4.69, 9.17) is 9.47 Å². The topological polar surface area (TPSA) is 73.7 Å². The molecule has 0 radical (unpaired) electrons. The molecule has 0 saturated carbocycles. The van der Waals surface area contributed by atoms with Crippen LogP contribution in [0.2, 0.25) is 0 Å². The van der Waals surface area contributed by atoms with Crippen LogP contribution < -0.4 is 4.74 Å². The van der Waals surface area contributed by atoms with E-state index in [0.29, 0.717) is 26.3 Å². The third-order valence-electron chi connectivity index (χ3n) is 5.37. The van der Waals surface area contributed by atoms with E-state index in [1.807, 2.05) is 19.1 Å². The molecular weight excluding hydrogens is 358 g/mol. The molecule has 2 aliphatic rings.